The van der Waals surface area contributed by atoms with Crippen molar-refractivity contribution in [1.29, 1.82) is 0 Å². The summed E-state index contributed by atoms with van der Waals surface area (Å²) < 4.78 is 15.1. The van der Waals surface area contributed by atoms with Gasteiger partial charge in [-0.1, -0.05) is 97.2 Å². The molecule has 1 aliphatic heterocycles. The van der Waals surface area contributed by atoms with Crippen LogP contribution in [0.15, 0.2) is 79.1 Å². The Labute approximate surface area is 291 Å². The van der Waals surface area contributed by atoms with E-state index in [1.54, 1.807) is 10.9 Å². The fraction of sp³-hybridized carbons (Fsp3) is 0.378. The Kier molecular flexibility index (Phi) is 12.7. The highest BCUT2D eigenvalue weighted by Crippen LogP contribution is 2.43. The molecule has 3 N–H and O–H groups in total. The number of aromatic nitrogens is 2. The van der Waals surface area contributed by atoms with Crippen LogP contribution in [0.5, 0.6) is 0 Å². The van der Waals surface area contributed by atoms with Crippen LogP contribution in [0.1, 0.15) is 74.2 Å². The zero-order chi connectivity index (χ0) is 34.0. The summed E-state index contributed by atoms with van der Waals surface area (Å²) in [5.41, 5.74) is 5.69. The van der Waals surface area contributed by atoms with Crippen molar-refractivity contribution in [2.24, 2.45) is 5.92 Å². The number of aliphatic hydroxyl groups excluding tert-OH is 1. The molecule has 0 saturated carbocycles. The van der Waals surface area contributed by atoms with Gasteiger partial charge in [-0.15, -0.1) is 0 Å². The van der Waals surface area contributed by atoms with Crippen LogP contribution in [0.4, 0.5) is 0 Å². The highest BCUT2D eigenvalue weighted by atomic mass is 35.5. The lowest BCUT2D eigenvalue weighted by Crippen LogP contribution is -2.39. The zero-order valence-electron chi connectivity index (χ0n) is 27.2. The van der Waals surface area contributed by atoms with Gasteiger partial charge in [-0.2, -0.15) is 0 Å². The van der Waals surface area contributed by atoms with Gasteiger partial charge < -0.3 is 29.8 Å². The minimum Gasteiger partial charge on any atom is -0.392 e. The second-order valence-corrected chi connectivity index (χ2v) is 12.9. The van der Waals surface area contributed by atoms with E-state index < -0.39 is 6.29 Å². The van der Waals surface area contributed by atoms with Crippen LogP contribution in [0.3, 0.4) is 0 Å². The second-order valence-electron chi connectivity index (χ2n) is 12.2. The normalized spacial score (nSPS) is 19.2. The summed E-state index contributed by atoms with van der Waals surface area (Å²) in [5, 5.41) is 16.0. The van der Waals surface area contributed by atoms with E-state index in [0.29, 0.717) is 31.2 Å². The maximum absolute atomic E-state index is 12.4. The molecular weight excluding hydrogens is 651 g/mol. The number of carbonyl (C=O) groups excluding carboxylic acids is 2. The number of ether oxygens (including phenoxy) is 2. The minimum absolute atomic E-state index is 0.0112. The molecule has 0 bridgehead atoms. The monoisotopic (exact) mass is 692 g/mol. The van der Waals surface area contributed by atoms with E-state index in [4.69, 9.17) is 32.7 Å². The number of aliphatic hydroxyl groups is 1. The number of hydrogen-bond acceptors (Lipinski definition) is 6. The van der Waals surface area contributed by atoms with Crippen molar-refractivity contribution in [2.45, 2.75) is 77.7 Å². The van der Waals surface area contributed by atoms with Crippen molar-refractivity contribution in [3.8, 4) is 11.1 Å². The average molecular weight is 694 g/mol. The number of nitrogens with one attached hydrogen (secondary N) is 2. The van der Waals surface area contributed by atoms with Crippen molar-refractivity contribution in [3.63, 3.8) is 0 Å². The number of imidazole rings is 1. The summed E-state index contributed by atoms with van der Waals surface area (Å²) in [5.74, 6) is -0.0660. The molecule has 2 heterocycles. The van der Waals surface area contributed by atoms with E-state index in [2.05, 4.69) is 34.7 Å². The highest BCUT2D eigenvalue weighted by Gasteiger charge is 2.39. The van der Waals surface area contributed by atoms with Gasteiger partial charge in [-0.3, -0.25) is 9.59 Å². The summed E-state index contributed by atoms with van der Waals surface area (Å²) >= 11 is 12.6. The largest absolute Gasteiger partial charge is 0.392 e. The van der Waals surface area contributed by atoms with Crippen LogP contribution < -0.4 is 10.6 Å². The Morgan fingerprint density at radius 1 is 0.896 bits per heavy atom. The van der Waals surface area contributed by atoms with Crippen LogP contribution in [-0.4, -0.2) is 39.1 Å². The molecule has 1 aromatic heterocycles. The van der Waals surface area contributed by atoms with Crippen molar-refractivity contribution in [1.82, 2.24) is 20.2 Å². The summed E-state index contributed by atoms with van der Waals surface area (Å²) in [7, 11) is 0. The number of rotatable bonds is 14. The summed E-state index contributed by atoms with van der Waals surface area (Å²) in [6.07, 6.45) is 3.37. The molecule has 11 heteroatoms. The fourth-order valence-electron chi connectivity index (χ4n) is 5.86. The second kappa shape index (κ2) is 17.1. The Balaban J connectivity index is 1.28. The van der Waals surface area contributed by atoms with Gasteiger partial charge in [-0.25, -0.2) is 4.98 Å². The Morgan fingerprint density at radius 2 is 1.65 bits per heavy atom. The predicted molar refractivity (Wildman–Crippen MR) is 186 cm³/mol. The van der Waals surface area contributed by atoms with E-state index in [0.717, 1.165) is 52.6 Å². The van der Waals surface area contributed by atoms with Crippen molar-refractivity contribution in [2.75, 3.05) is 6.54 Å². The molecule has 4 atom stereocenters. The maximum atomic E-state index is 12.4. The van der Waals surface area contributed by atoms with Crippen LogP contribution in [0.25, 0.3) is 11.1 Å². The van der Waals surface area contributed by atoms with Gasteiger partial charge in [0.15, 0.2) is 11.4 Å². The molecule has 2 amide bonds. The first-order valence-electron chi connectivity index (χ1n) is 16.3. The van der Waals surface area contributed by atoms with Gasteiger partial charge in [0, 0.05) is 37.9 Å². The fourth-order valence-corrected chi connectivity index (χ4v) is 6.17. The molecule has 4 unspecified atom stereocenters. The smallest absolute Gasteiger partial charge is 0.220 e. The lowest BCUT2D eigenvalue weighted by atomic mass is 9.90. The van der Waals surface area contributed by atoms with E-state index >= 15 is 0 Å². The molecule has 1 aliphatic rings. The van der Waals surface area contributed by atoms with Gasteiger partial charge in [0.25, 0.3) is 0 Å². The van der Waals surface area contributed by atoms with E-state index in [9.17, 15) is 14.7 Å². The van der Waals surface area contributed by atoms with Crippen molar-refractivity contribution in [3.05, 3.63) is 112 Å². The van der Waals surface area contributed by atoms with E-state index in [1.165, 1.54) is 6.92 Å². The first-order valence-corrected chi connectivity index (χ1v) is 17.0. The summed E-state index contributed by atoms with van der Waals surface area (Å²) in [4.78, 5) is 27.5. The summed E-state index contributed by atoms with van der Waals surface area (Å²) in [6, 6.07) is 24.0. The van der Waals surface area contributed by atoms with Crippen LogP contribution in [-0.2, 0) is 38.8 Å². The highest BCUT2D eigenvalue weighted by molar-refractivity contribution is 6.40. The SMILES string of the molecule is CC(=O)NCCCCCC(=O)NCc1cccc(-c2cccc(C3OC(Cn4cnc(Cl)c4Cl)C(C)C(c4ccc(CO)cc4)O3)c2)c1. The van der Waals surface area contributed by atoms with Crippen LogP contribution in [0.2, 0.25) is 10.3 Å². The number of nitrogens with zero attached hydrogens (tertiary/aromatic N) is 2. The van der Waals surface area contributed by atoms with Crippen molar-refractivity contribution >= 4 is 35.0 Å². The number of unbranched alkanes of at least 4 members (excludes halogenated alkanes) is 2. The Hall–Kier alpha value is -3.73. The third-order valence-electron chi connectivity index (χ3n) is 8.60. The first kappa shape index (κ1) is 35.6. The molecule has 1 fully saturated rings. The Bertz CT molecular complexity index is 1680. The molecule has 1 saturated heterocycles. The molecule has 9 nitrogen and oxygen atoms in total. The lowest BCUT2D eigenvalue weighted by Gasteiger charge is -2.41. The molecule has 5 rings (SSSR count). The maximum Gasteiger partial charge on any atom is 0.220 e. The van der Waals surface area contributed by atoms with Gasteiger partial charge in [0.1, 0.15) is 5.15 Å². The quantitative estimate of drug-likeness (QED) is 0.121. The molecular formula is C37H42Cl2N4O5. The van der Waals surface area contributed by atoms with Crippen LogP contribution in [0, 0.1) is 5.92 Å². The molecule has 4 aromatic rings. The van der Waals surface area contributed by atoms with E-state index in [-0.39, 0.29) is 41.7 Å². The third kappa shape index (κ3) is 9.45. The number of hydrogen-bond donors (Lipinski definition) is 3. The molecule has 0 spiro atoms. The lowest BCUT2D eigenvalue weighted by molar-refractivity contribution is -0.276. The molecule has 3 aromatic carbocycles. The minimum atomic E-state index is -0.660. The third-order valence-corrected chi connectivity index (χ3v) is 9.37. The van der Waals surface area contributed by atoms with Gasteiger partial charge in [0.05, 0.1) is 31.7 Å². The number of carbonyl (C=O) groups is 2. The molecule has 48 heavy (non-hydrogen) atoms. The van der Waals surface area contributed by atoms with Crippen LogP contribution >= 0.6 is 23.2 Å². The van der Waals surface area contributed by atoms with Gasteiger partial charge in [-0.05, 0) is 52.8 Å². The Morgan fingerprint density at radius 3 is 2.35 bits per heavy atom. The molecule has 0 aliphatic carbocycles. The van der Waals surface area contributed by atoms with Gasteiger partial charge >= 0.3 is 0 Å². The summed E-state index contributed by atoms with van der Waals surface area (Å²) in [6.45, 7) is 5.08. The number of halogens is 2. The van der Waals surface area contributed by atoms with E-state index in [1.807, 2.05) is 60.7 Å². The van der Waals surface area contributed by atoms with Crippen molar-refractivity contribution < 1.29 is 24.2 Å². The number of benzene rings is 3. The topological polar surface area (TPSA) is 115 Å². The zero-order valence-corrected chi connectivity index (χ0v) is 28.7. The standard InChI is InChI=1S/C37H42Cl2N4O5/c1-24-32(21-43-23-42-35(38)36(43)39)47-37(48-34(24)28-15-13-26(22-44)14-16-28)31-11-7-10-30(19-31)29-9-6-8-27(18-29)20-41-33(46)12-4-3-5-17-40-25(2)45/h6-11,13-16,18-19,23-24,32,34,37,44H,3-5,12,17,20-22H2,1-2H3,(H,40,45)(H,41,46). The molecule has 0 radical (unpaired) electrons. The molecule has 254 valence electrons. The number of amides is 2. The first-order chi connectivity index (χ1) is 23.2. The van der Waals surface area contributed by atoms with Gasteiger partial charge in [0.2, 0.25) is 11.8 Å². The predicted octanol–water partition coefficient (Wildman–Crippen LogP) is 7.15. The average Bonchev–Trinajstić information content (AvgIpc) is 3.42.